The van der Waals surface area contributed by atoms with E-state index in [9.17, 15) is 9.59 Å². The fraction of sp³-hybridized carbons (Fsp3) is 0.424. The first-order valence-electron chi connectivity index (χ1n) is 15.6. The molecule has 2 aliphatic rings. The fourth-order valence-corrected chi connectivity index (χ4v) is 5.75. The van der Waals surface area contributed by atoms with Gasteiger partial charge >= 0.3 is 0 Å². The molecule has 0 aliphatic carbocycles. The number of fused-ring (bicyclic) bond motifs is 1. The van der Waals surface area contributed by atoms with Crippen molar-refractivity contribution in [1.82, 2.24) is 34.9 Å². The van der Waals surface area contributed by atoms with Gasteiger partial charge in [-0.15, -0.1) is 0 Å². The van der Waals surface area contributed by atoms with Crippen LogP contribution in [0.4, 0.5) is 17.6 Å². The largest absolute Gasteiger partial charge is 0.395 e. The molecule has 2 fully saturated rings. The molecule has 1 atom stereocenters. The highest BCUT2D eigenvalue weighted by molar-refractivity contribution is 5.95. The van der Waals surface area contributed by atoms with Gasteiger partial charge in [0.1, 0.15) is 0 Å². The molecule has 2 saturated heterocycles. The first kappa shape index (κ1) is 30.5. The van der Waals surface area contributed by atoms with Crippen LogP contribution in [-0.4, -0.2) is 92.6 Å². The molecule has 2 aromatic heterocycles. The quantitative estimate of drug-likeness (QED) is 0.225. The van der Waals surface area contributed by atoms with Gasteiger partial charge in [-0.3, -0.25) is 14.0 Å². The highest BCUT2D eigenvalue weighted by Gasteiger charge is 2.30. The molecule has 0 bridgehead atoms. The second-order valence-electron chi connectivity index (χ2n) is 12.8. The molecular weight excluding hydrogens is 570 g/mol. The van der Waals surface area contributed by atoms with Crippen molar-refractivity contribution in [3.05, 3.63) is 77.6 Å². The van der Waals surface area contributed by atoms with E-state index >= 15 is 0 Å². The first-order valence-corrected chi connectivity index (χ1v) is 15.6. The van der Waals surface area contributed by atoms with Crippen molar-refractivity contribution in [2.45, 2.75) is 51.1 Å². The molecule has 12 nitrogen and oxygen atoms in total. The standard InChI is InChI=1S/C33H41N9O3/c1-33(2,3)24-10-6-22(7-11-24)28(44)36-26-5-4-16-40(19-26)31-38-30-35-14-17-42(30)32(39-31)37-25-12-8-23(9-13-25)29(45)41-20-27(21-41)34-15-18-43/h6-14,17,26-27,34,43H,4-5,15-16,18-21H2,1-3H3,(H,36,44)(H,35,37,38,39). The minimum absolute atomic E-state index is 0.0152. The molecule has 2 amide bonds. The smallest absolute Gasteiger partial charge is 0.253 e. The number of aliphatic hydroxyl groups excluding tert-OH is 1. The van der Waals surface area contributed by atoms with E-state index in [1.807, 2.05) is 36.4 Å². The summed E-state index contributed by atoms with van der Waals surface area (Å²) in [6, 6.07) is 15.4. The van der Waals surface area contributed by atoms with Crippen LogP contribution in [0.3, 0.4) is 0 Å². The van der Waals surface area contributed by atoms with Crippen LogP contribution in [0.5, 0.6) is 0 Å². The number of piperidine rings is 1. The van der Waals surface area contributed by atoms with Crippen molar-refractivity contribution in [1.29, 1.82) is 0 Å². The van der Waals surface area contributed by atoms with Gasteiger partial charge in [0.15, 0.2) is 0 Å². The van der Waals surface area contributed by atoms with E-state index < -0.39 is 0 Å². The number of likely N-dealkylation sites (tertiary alicyclic amines) is 1. The number of nitrogens with zero attached hydrogens (tertiary/aromatic N) is 6. The second-order valence-corrected chi connectivity index (χ2v) is 12.8. The predicted octanol–water partition coefficient (Wildman–Crippen LogP) is 2.97. The minimum atomic E-state index is -0.0801. The minimum Gasteiger partial charge on any atom is -0.395 e. The summed E-state index contributed by atoms with van der Waals surface area (Å²) in [4.78, 5) is 43.8. The molecule has 6 rings (SSSR count). The Balaban J connectivity index is 1.11. The van der Waals surface area contributed by atoms with Crippen molar-refractivity contribution in [3.8, 4) is 0 Å². The lowest BCUT2D eigenvalue weighted by Crippen LogP contribution is -2.60. The molecule has 4 N–H and O–H groups in total. The molecule has 0 saturated carbocycles. The van der Waals surface area contributed by atoms with Crippen LogP contribution in [0.15, 0.2) is 60.9 Å². The lowest BCUT2D eigenvalue weighted by Gasteiger charge is -2.39. The van der Waals surface area contributed by atoms with Crippen molar-refractivity contribution >= 4 is 35.2 Å². The molecule has 2 aromatic carbocycles. The maximum atomic E-state index is 13.1. The Morgan fingerprint density at radius 1 is 0.956 bits per heavy atom. The van der Waals surface area contributed by atoms with Crippen LogP contribution >= 0.6 is 0 Å². The summed E-state index contributed by atoms with van der Waals surface area (Å²) < 4.78 is 1.78. The summed E-state index contributed by atoms with van der Waals surface area (Å²) in [7, 11) is 0. The SMILES string of the molecule is CC(C)(C)c1ccc(C(=O)NC2CCCN(c3nc(Nc4ccc(C(=O)N5CC(NCCO)C5)cc4)n4ccnc4n3)C2)cc1. The zero-order chi connectivity index (χ0) is 31.6. The Labute approximate surface area is 262 Å². The number of aliphatic hydroxyl groups is 1. The topological polar surface area (TPSA) is 140 Å². The van der Waals surface area contributed by atoms with Gasteiger partial charge in [-0.25, -0.2) is 4.98 Å². The van der Waals surface area contributed by atoms with Gasteiger partial charge < -0.3 is 30.9 Å². The molecule has 2 aliphatic heterocycles. The first-order chi connectivity index (χ1) is 21.7. The Hall–Kier alpha value is -4.55. The molecule has 12 heteroatoms. The van der Waals surface area contributed by atoms with Gasteiger partial charge in [0.05, 0.1) is 6.61 Å². The second kappa shape index (κ2) is 12.8. The van der Waals surface area contributed by atoms with E-state index in [2.05, 4.69) is 46.6 Å². The van der Waals surface area contributed by atoms with Crippen molar-refractivity contribution in [3.63, 3.8) is 0 Å². The van der Waals surface area contributed by atoms with Crippen LogP contribution < -0.4 is 20.9 Å². The monoisotopic (exact) mass is 611 g/mol. The molecule has 4 heterocycles. The number of hydrogen-bond acceptors (Lipinski definition) is 9. The number of benzene rings is 2. The maximum Gasteiger partial charge on any atom is 0.253 e. The van der Waals surface area contributed by atoms with E-state index in [0.717, 1.165) is 25.1 Å². The maximum absolute atomic E-state index is 13.1. The van der Waals surface area contributed by atoms with Gasteiger partial charge in [-0.05, 0) is 60.2 Å². The summed E-state index contributed by atoms with van der Waals surface area (Å²) in [5.41, 5.74) is 3.26. The van der Waals surface area contributed by atoms with E-state index in [-0.39, 0.29) is 35.9 Å². The Kier molecular flexibility index (Phi) is 8.68. The number of hydrogen-bond donors (Lipinski definition) is 4. The van der Waals surface area contributed by atoms with Crippen LogP contribution in [0, 0.1) is 0 Å². The van der Waals surface area contributed by atoms with E-state index in [0.29, 0.717) is 55.0 Å². The molecular formula is C33H41N9O3. The number of rotatable bonds is 9. The van der Waals surface area contributed by atoms with Crippen molar-refractivity contribution in [2.75, 3.05) is 49.5 Å². The number of carbonyl (C=O) groups excluding carboxylic acids is 2. The lowest BCUT2D eigenvalue weighted by atomic mass is 9.86. The Morgan fingerprint density at radius 2 is 1.69 bits per heavy atom. The summed E-state index contributed by atoms with van der Waals surface area (Å²) in [5, 5.41) is 18.7. The van der Waals surface area contributed by atoms with Crippen LogP contribution in [0.25, 0.3) is 5.78 Å². The van der Waals surface area contributed by atoms with Crippen LogP contribution in [0.2, 0.25) is 0 Å². The third kappa shape index (κ3) is 6.91. The predicted molar refractivity (Wildman–Crippen MR) is 173 cm³/mol. The highest BCUT2D eigenvalue weighted by Crippen LogP contribution is 2.24. The van der Waals surface area contributed by atoms with E-state index in [4.69, 9.17) is 15.1 Å². The number of nitrogens with one attached hydrogen (secondary N) is 3. The average molecular weight is 612 g/mol. The molecule has 45 heavy (non-hydrogen) atoms. The van der Waals surface area contributed by atoms with Gasteiger partial charge in [0, 0.05) is 74.0 Å². The van der Waals surface area contributed by atoms with Crippen molar-refractivity contribution < 1.29 is 14.7 Å². The number of amides is 2. The normalized spacial score (nSPS) is 17.3. The Bertz CT molecular complexity index is 1640. The van der Waals surface area contributed by atoms with Gasteiger partial charge in [0.25, 0.3) is 11.8 Å². The molecule has 236 valence electrons. The summed E-state index contributed by atoms with van der Waals surface area (Å²) in [6.45, 7) is 9.71. The van der Waals surface area contributed by atoms with Gasteiger partial charge in [-0.1, -0.05) is 32.9 Å². The fourth-order valence-electron chi connectivity index (χ4n) is 5.75. The van der Waals surface area contributed by atoms with E-state index in [1.54, 1.807) is 33.8 Å². The zero-order valence-electron chi connectivity index (χ0n) is 26.0. The number of imidazole rings is 1. The third-order valence-electron chi connectivity index (χ3n) is 8.41. The molecule has 0 radical (unpaired) electrons. The average Bonchev–Trinajstić information content (AvgIpc) is 3.50. The Morgan fingerprint density at radius 3 is 2.40 bits per heavy atom. The zero-order valence-corrected chi connectivity index (χ0v) is 26.0. The molecule has 0 spiro atoms. The third-order valence-corrected chi connectivity index (χ3v) is 8.41. The van der Waals surface area contributed by atoms with Crippen LogP contribution in [-0.2, 0) is 5.41 Å². The van der Waals surface area contributed by atoms with Gasteiger partial charge in [-0.2, -0.15) is 9.97 Å². The van der Waals surface area contributed by atoms with Crippen molar-refractivity contribution in [2.24, 2.45) is 0 Å². The number of aromatic nitrogens is 4. The molecule has 4 aromatic rings. The van der Waals surface area contributed by atoms with E-state index in [1.165, 1.54) is 5.56 Å². The molecule has 1 unspecified atom stereocenters. The summed E-state index contributed by atoms with van der Waals surface area (Å²) in [5.74, 6) is 1.51. The lowest BCUT2D eigenvalue weighted by molar-refractivity contribution is 0.0562. The van der Waals surface area contributed by atoms with Crippen LogP contribution in [0.1, 0.15) is 59.9 Å². The number of anilines is 3. The summed E-state index contributed by atoms with van der Waals surface area (Å²) in [6.07, 6.45) is 5.25. The highest BCUT2D eigenvalue weighted by atomic mass is 16.3. The number of carbonyl (C=O) groups is 2. The van der Waals surface area contributed by atoms with Gasteiger partial charge in [0.2, 0.25) is 17.7 Å². The summed E-state index contributed by atoms with van der Waals surface area (Å²) >= 11 is 0.